The van der Waals surface area contributed by atoms with Gasteiger partial charge >= 0.3 is 5.97 Å². The maximum Gasteiger partial charge on any atom is 0.323 e. The molecule has 0 fully saturated rings. The number of amides is 2. The van der Waals surface area contributed by atoms with E-state index in [0.717, 1.165) is 4.90 Å². The Balaban J connectivity index is 3.07. The Bertz CT molecular complexity index is 520. The van der Waals surface area contributed by atoms with E-state index in [1.807, 2.05) is 0 Å². The summed E-state index contributed by atoms with van der Waals surface area (Å²) in [5, 5.41) is 8.70. The predicted molar refractivity (Wildman–Crippen MR) is 67.0 cm³/mol. The van der Waals surface area contributed by atoms with Crippen LogP contribution in [0.5, 0.6) is 0 Å². The molecule has 0 spiro atoms. The highest BCUT2D eigenvalue weighted by Crippen LogP contribution is 2.18. The van der Waals surface area contributed by atoms with E-state index in [9.17, 15) is 14.4 Å². The molecule has 1 rings (SSSR count). The molecule has 0 saturated heterocycles. The summed E-state index contributed by atoms with van der Waals surface area (Å²) >= 11 is 11.4. The Morgan fingerprint density at radius 1 is 1.26 bits per heavy atom. The van der Waals surface area contributed by atoms with Crippen LogP contribution in [0, 0.1) is 0 Å². The molecule has 0 radical (unpaired) electrons. The van der Waals surface area contributed by atoms with Gasteiger partial charge in [0.2, 0.25) is 5.91 Å². The molecule has 1 aromatic rings. The molecule has 0 bridgehead atoms. The van der Waals surface area contributed by atoms with Gasteiger partial charge in [0.05, 0.1) is 5.02 Å². The second-order valence-corrected chi connectivity index (χ2v) is 4.28. The van der Waals surface area contributed by atoms with Gasteiger partial charge in [0, 0.05) is 0 Å². The van der Waals surface area contributed by atoms with Crippen LogP contribution in [0.4, 0.5) is 0 Å². The smallest absolute Gasteiger partial charge is 0.323 e. The molecule has 7 nitrogen and oxygen atoms in total. The number of carbonyl (C=O) groups excluding carboxylic acids is 2. The van der Waals surface area contributed by atoms with Crippen LogP contribution in [-0.4, -0.2) is 45.9 Å². The van der Waals surface area contributed by atoms with Gasteiger partial charge < -0.3 is 15.7 Å². The third kappa shape index (κ3) is 4.38. The summed E-state index contributed by atoms with van der Waals surface area (Å²) in [6.45, 7) is -1.26. The monoisotopic (exact) mass is 305 g/mol. The normalized spacial score (nSPS) is 10.0. The van der Waals surface area contributed by atoms with Gasteiger partial charge in [-0.3, -0.25) is 14.4 Å². The highest BCUT2D eigenvalue weighted by molar-refractivity contribution is 6.34. The number of primary amides is 1. The minimum Gasteiger partial charge on any atom is -0.480 e. The molecular formula is C10H9Cl2N3O4. The van der Waals surface area contributed by atoms with Crippen LogP contribution in [-0.2, 0) is 9.59 Å². The number of aromatic nitrogens is 1. The van der Waals surface area contributed by atoms with Crippen molar-refractivity contribution in [3.05, 3.63) is 28.0 Å². The van der Waals surface area contributed by atoms with Crippen molar-refractivity contribution in [1.29, 1.82) is 0 Å². The number of aliphatic carboxylic acids is 1. The summed E-state index contributed by atoms with van der Waals surface area (Å²) in [7, 11) is 0. The van der Waals surface area contributed by atoms with Crippen LogP contribution in [0.15, 0.2) is 12.1 Å². The number of halogens is 2. The largest absolute Gasteiger partial charge is 0.480 e. The van der Waals surface area contributed by atoms with Crippen molar-refractivity contribution < 1.29 is 19.5 Å². The molecule has 0 atom stereocenters. The number of hydrogen-bond donors (Lipinski definition) is 2. The molecule has 3 N–H and O–H groups in total. The van der Waals surface area contributed by atoms with Crippen LogP contribution in [0.25, 0.3) is 0 Å². The molecule has 1 heterocycles. The van der Waals surface area contributed by atoms with E-state index in [1.165, 1.54) is 12.1 Å². The van der Waals surface area contributed by atoms with Crippen molar-refractivity contribution in [1.82, 2.24) is 9.88 Å². The van der Waals surface area contributed by atoms with Gasteiger partial charge in [-0.2, -0.15) is 0 Å². The van der Waals surface area contributed by atoms with Crippen LogP contribution < -0.4 is 5.73 Å². The summed E-state index contributed by atoms with van der Waals surface area (Å²) in [5.41, 5.74) is 4.71. The standard InChI is InChI=1S/C10H9Cl2N3O4/c11-5-1-2-6(12)14-9(5)10(19)15(3-7(13)16)4-8(17)18/h1-2H,3-4H2,(H2,13,16)(H,17,18). The summed E-state index contributed by atoms with van der Waals surface area (Å²) in [6, 6.07) is 2.71. The number of rotatable bonds is 5. The van der Waals surface area contributed by atoms with Gasteiger partial charge in [0.25, 0.3) is 5.91 Å². The first-order valence-corrected chi connectivity index (χ1v) is 5.68. The Hall–Kier alpha value is -1.86. The fourth-order valence-corrected chi connectivity index (χ4v) is 1.60. The molecule has 2 amide bonds. The molecule has 0 aliphatic heterocycles. The Morgan fingerprint density at radius 2 is 1.89 bits per heavy atom. The Kier molecular flexibility index (Phi) is 5.08. The van der Waals surface area contributed by atoms with E-state index in [4.69, 9.17) is 34.0 Å². The van der Waals surface area contributed by atoms with E-state index in [1.54, 1.807) is 0 Å². The molecule has 0 saturated carbocycles. The SMILES string of the molecule is NC(=O)CN(CC(=O)O)C(=O)c1nc(Cl)ccc1Cl. The zero-order valence-electron chi connectivity index (χ0n) is 9.47. The minimum absolute atomic E-state index is 0.00532. The molecule has 0 aromatic carbocycles. The second-order valence-electron chi connectivity index (χ2n) is 3.49. The van der Waals surface area contributed by atoms with Crippen LogP contribution in [0.3, 0.4) is 0 Å². The van der Waals surface area contributed by atoms with E-state index in [2.05, 4.69) is 4.98 Å². The van der Waals surface area contributed by atoms with Crippen LogP contribution in [0.1, 0.15) is 10.5 Å². The highest BCUT2D eigenvalue weighted by atomic mass is 35.5. The van der Waals surface area contributed by atoms with Gasteiger partial charge in [-0.05, 0) is 12.1 Å². The molecule has 9 heteroatoms. The molecule has 19 heavy (non-hydrogen) atoms. The van der Waals surface area contributed by atoms with Crippen molar-refractivity contribution in [2.75, 3.05) is 13.1 Å². The van der Waals surface area contributed by atoms with Gasteiger partial charge in [0.1, 0.15) is 23.9 Å². The summed E-state index contributed by atoms with van der Waals surface area (Å²) in [5.74, 6) is -2.99. The van der Waals surface area contributed by atoms with Crippen molar-refractivity contribution in [2.24, 2.45) is 5.73 Å². The summed E-state index contributed by atoms with van der Waals surface area (Å²) in [6.07, 6.45) is 0. The van der Waals surface area contributed by atoms with Gasteiger partial charge in [-0.25, -0.2) is 4.98 Å². The first-order valence-electron chi connectivity index (χ1n) is 4.92. The molecule has 102 valence electrons. The predicted octanol–water partition coefficient (Wildman–Crippen LogP) is 0.400. The Labute approximate surface area is 117 Å². The van der Waals surface area contributed by atoms with Crippen LogP contribution in [0.2, 0.25) is 10.2 Å². The van der Waals surface area contributed by atoms with Crippen LogP contribution >= 0.6 is 23.2 Å². The van der Waals surface area contributed by atoms with Crippen molar-refractivity contribution in [3.63, 3.8) is 0 Å². The average molecular weight is 306 g/mol. The summed E-state index contributed by atoms with van der Waals surface area (Å²) in [4.78, 5) is 37.9. The molecular weight excluding hydrogens is 297 g/mol. The van der Waals surface area contributed by atoms with Crippen molar-refractivity contribution >= 4 is 41.0 Å². The first-order chi connectivity index (χ1) is 8.81. The fraction of sp³-hybridized carbons (Fsp3) is 0.200. The fourth-order valence-electron chi connectivity index (χ4n) is 1.27. The third-order valence-electron chi connectivity index (χ3n) is 1.97. The maximum absolute atomic E-state index is 12.0. The number of carboxylic acid groups (broad SMARTS) is 1. The number of carbonyl (C=O) groups is 3. The van der Waals surface area contributed by atoms with Gasteiger partial charge in [-0.15, -0.1) is 0 Å². The zero-order chi connectivity index (χ0) is 14.6. The van der Waals surface area contributed by atoms with E-state index >= 15 is 0 Å². The minimum atomic E-state index is -1.30. The second kappa shape index (κ2) is 6.35. The number of nitrogens with zero attached hydrogens (tertiary/aromatic N) is 2. The average Bonchev–Trinajstić information content (AvgIpc) is 2.29. The number of carboxylic acids is 1. The van der Waals surface area contributed by atoms with Crippen molar-refractivity contribution in [3.8, 4) is 0 Å². The Morgan fingerprint density at radius 3 is 2.42 bits per heavy atom. The molecule has 0 aliphatic rings. The van der Waals surface area contributed by atoms with Gasteiger partial charge in [0.15, 0.2) is 0 Å². The molecule has 0 unspecified atom stereocenters. The quantitative estimate of drug-likeness (QED) is 0.764. The lowest BCUT2D eigenvalue weighted by Crippen LogP contribution is -2.42. The topological polar surface area (TPSA) is 114 Å². The number of pyridine rings is 1. The lowest BCUT2D eigenvalue weighted by molar-refractivity contribution is -0.138. The van der Waals surface area contributed by atoms with E-state index in [0.29, 0.717) is 0 Å². The van der Waals surface area contributed by atoms with E-state index < -0.39 is 30.9 Å². The summed E-state index contributed by atoms with van der Waals surface area (Å²) < 4.78 is 0. The number of hydrogen-bond acceptors (Lipinski definition) is 4. The zero-order valence-corrected chi connectivity index (χ0v) is 11.0. The lowest BCUT2D eigenvalue weighted by atomic mass is 10.3. The maximum atomic E-state index is 12.0. The molecule has 1 aromatic heterocycles. The van der Waals surface area contributed by atoms with Crippen molar-refractivity contribution in [2.45, 2.75) is 0 Å². The number of nitrogens with two attached hydrogens (primary N) is 1. The first kappa shape index (κ1) is 15.2. The highest BCUT2D eigenvalue weighted by Gasteiger charge is 2.23. The molecule has 0 aliphatic carbocycles. The van der Waals surface area contributed by atoms with Gasteiger partial charge in [-0.1, -0.05) is 23.2 Å². The lowest BCUT2D eigenvalue weighted by Gasteiger charge is -2.18. The third-order valence-corrected chi connectivity index (χ3v) is 2.49. The van der Waals surface area contributed by atoms with E-state index in [-0.39, 0.29) is 15.9 Å².